The van der Waals surface area contributed by atoms with Gasteiger partial charge in [-0.05, 0) is 16.7 Å². The molecule has 1 fully saturated rings. The van der Waals surface area contributed by atoms with Gasteiger partial charge in [0.1, 0.15) is 0 Å². The van der Waals surface area contributed by atoms with E-state index in [0.29, 0.717) is 32.6 Å². The molecule has 3 amide bonds. The highest BCUT2D eigenvalue weighted by Crippen LogP contribution is 2.15. The second kappa shape index (κ2) is 8.49. The van der Waals surface area contributed by atoms with Crippen molar-refractivity contribution in [3.8, 4) is 0 Å². The molecule has 0 saturated carbocycles. The summed E-state index contributed by atoms with van der Waals surface area (Å²) in [5.41, 5.74) is 8.74. The van der Waals surface area contributed by atoms with Gasteiger partial charge in [-0.3, -0.25) is 4.79 Å². The highest BCUT2D eigenvalue weighted by atomic mass is 16.2. The fraction of sp³-hybridized carbons (Fsp3) is 0.300. The Morgan fingerprint density at radius 1 is 1.08 bits per heavy atom. The standard InChI is InChI=1S/C20H24N4O2/c21-11-16-7-4-8-17(9-16)12-22-20(26)23-18-10-19(25)24(14-18)13-15-5-2-1-3-6-15/h1-9,18H,10-14,21H2,(H2,22,23,26). The molecule has 0 spiro atoms. The molecule has 136 valence electrons. The highest BCUT2D eigenvalue weighted by Gasteiger charge is 2.30. The van der Waals surface area contributed by atoms with E-state index in [4.69, 9.17) is 5.73 Å². The van der Waals surface area contributed by atoms with Crippen LogP contribution in [0, 0.1) is 0 Å². The summed E-state index contributed by atoms with van der Waals surface area (Å²) >= 11 is 0. The van der Waals surface area contributed by atoms with Crippen molar-refractivity contribution in [2.75, 3.05) is 6.54 Å². The molecule has 6 heteroatoms. The number of amides is 3. The number of urea groups is 1. The summed E-state index contributed by atoms with van der Waals surface area (Å²) in [4.78, 5) is 26.1. The zero-order chi connectivity index (χ0) is 18.4. The third-order valence-corrected chi connectivity index (χ3v) is 4.45. The average molecular weight is 352 g/mol. The van der Waals surface area contributed by atoms with Gasteiger partial charge in [0.15, 0.2) is 0 Å². The maximum atomic E-state index is 12.2. The van der Waals surface area contributed by atoms with Gasteiger partial charge in [0.05, 0.1) is 6.04 Å². The van der Waals surface area contributed by atoms with Crippen LogP contribution in [0.5, 0.6) is 0 Å². The first-order chi connectivity index (χ1) is 12.6. The lowest BCUT2D eigenvalue weighted by Gasteiger charge is -2.17. The summed E-state index contributed by atoms with van der Waals surface area (Å²) in [6.07, 6.45) is 0.336. The van der Waals surface area contributed by atoms with Crippen LogP contribution < -0.4 is 16.4 Å². The van der Waals surface area contributed by atoms with Crippen LogP contribution >= 0.6 is 0 Å². The number of hydrogen-bond donors (Lipinski definition) is 3. The molecule has 6 nitrogen and oxygen atoms in total. The van der Waals surface area contributed by atoms with E-state index < -0.39 is 0 Å². The van der Waals surface area contributed by atoms with Crippen LogP contribution in [-0.2, 0) is 24.4 Å². The summed E-state index contributed by atoms with van der Waals surface area (Å²) in [7, 11) is 0. The van der Waals surface area contributed by atoms with Crippen LogP contribution in [0.4, 0.5) is 4.79 Å². The van der Waals surface area contributed by atoms with Gasteiger partial charge >= 0.3 is 6.03 Å². The predicted molar refractivity (Wildman–Crippen MR) is 100.0 cm³/mol. The minimum atomic E-state index is -0.262. The molecule has 1 aliphatic rings. The smallest absolute Gasteiger partial charge is 0.315 e. The number of carbonyl (C=O) groups excluding carboxylic acids is 2. The lowest BCUT2D eigenvalue weighted by molar-refractivity contribution is -0.128. The van der Waals surface area contributed by atoms with Crippen molar-refractivity contribution in [2.45, 2.75) is 32.1 Å². The van der Waals surface area contributed by atoms with Crippen molar-refractivity contribution in [3.05, 3.63) is 71.3 Å². The number of rotatable bonds is 6. The molecule has 0 aliphatic carbocycles. The Hall–Kier alpha value is -2.86. The average Bonchev–Trinajstić information content (AvgIpc) is 3.00. The quantitative estimate of drug-likeness (QED) is 0.740. The molecular weight excluding hydrogens is 328 g/mol. The number of benzene rings is 2. The lowest BCUT2D eigenvalue weighted by Crippen LogP contribution is -2.43. The van der Waals surface area contributed by atoms with E-state index in [-0.39, 0.29) is 18.0 Å². The summed E-state index contributed by atoms with van der Waals surface area (Å²) < 4.78 is 0. The molecule has 1 heterocycles. The van der Waals surface area contributed by atoms with Crippen LogP contribution in [0.25, 0.3) is 0 Å². The fourth-order valence-corrected chi connectivity index (χ4v) is 3.11. The molecule has 0 aromatic heterocycles. The number of likely N-dealkylation sites (tertiary alicyclic amines) is 1. The summed E-state index contributed by atoms with van der Waals surface area (Å²) in [5, 5.41) is 5.72. The monoisotopic (exact) mass is 352 g/mol. The normalized spacial score (nSPS) is 16.6. The topological polar surface area (TPSA) is 87.5 Å². The van der Waals surface area contributed by atoms with E-state index in [1.54, 1.807) is 4.90 Å². The van der Waals surface area contributed by atoms with Crippen molar-refractivity contribution >= 4 is 11.9 Å². The van der Waals surface area contributed by atoms with Gasteiger partial charge in [-0.2, -0.15) is 0 Å². The highest BCUT2D eigenvalue weighted by molar-refractivity contribution is 5.81. The molecule has 1 aliphatic heterocycles. The molecule has 2 aromatic rings. The molecule has 1 atom stereocenters. The maximum Gasteiger partial charge on any atom is 0.315 e. The van der Waals surface area contributed by atoms with E-state index in [1.165, 1.54) is 0 Å². The van der Waals surface area contributed by atoms with Crippen LogP contribution in [0.1, 0.15) is 23.1 Å². The van der Waals surface area contributed by atoms with Crippen LogP contribution in [-0.4, -0.2) is 29.4 Å². The largest absolute Gasteiger partial charge is 0.336 e. The van der Waals surface area contributed by atoms with Crippen LogP contribution in [0.3, 0.4) is 0 Å². The minimum absolute atomic E-state index is 0.0646. The number of hydrogen-bond acceptors (Lipinski definition) is 3. The number of nitrogens with zero attached hydrogens (tertiary/aromatic N) is 1. The second-order valence-electron chi connectivity index (χ2n) is 6.51. The number of carbonyl (C=O) groups is 2. The van der Waals surface area contributed by atoms with Gasteiger partial charge in [-0.25, -0.2) is 4.79 Å². The third-order valence-electron chi connectivity index (χ3n) is 4.45. The SMILES string of the molecule is NCc1cccc(CNC(=O)NC2CC(=O)N(Cc3ccccc3)C2)c1. The molecule has 2 aromatic carbocycles. The molecule has 3 rings (SSSR count). The van der Waals surface area contributed by atoms with Crippen molar-refractivity contribution in [1.29, 1.82) is 0 Å². The molecule has 1 saturated heterocycles. The molecular formula is C20H24N4O2. The van der Waals surface area contributed by atoms with Gasteiger partial charge in [0.25, 0.3) is 0 Å². The molecule has 0 radical (unpaired) electrons. The Labute approximate surface area is 153 Å². The van der Waals surface area contributed by atoms with Crippen LogP contribution in [0.15, 0.2) is 54.6 Å². The Morgan fingerprint density at radius 2 is 1.81 bits per heavy atom. The predicted octanol–water partition coefficient (Wildman–Crippen LogP) is 1.75. The Kier molecular flexibility index (Phi) is 5.86. The van der Waals surface area contributed by atoms with E-state index in [2.05, 4.69) is 10.6 Å². The van der Waals surface area contributed by atoms with Crippen molar-refractivity contribution in [3.63, 3.8) is 0 Å². The van der Waals surface area contributed by atoms with Gasteiger partial charge in [0, 0.05) is 32.6 Å². The molecule has 1 unspecified atom stereocenters. The summed E-state index contributed by atoms with van der Waals surface area (Å²) in [6, 6.07) is 17.2. The van der Waals surface area contributed by atoms with Crippen LogP contribution in [0.2, 0.25) is 0 Å². The zero-order valence-corrected chi connectivity index (χ0v) is 14.7. The van der Waals surface area contributed by atoms with E-state index in [1.807, 2.05) is 54.6 Å². The van der Waals surface area contributed by atoms with E-state index in [9.17, 15) is 9.59 Å². The summed E-state index contributed by atoms with van der Waals surface area (Å²) in [6.45, 7) is 2.00. The van der Waals surface area contributed by atoms with Crippen molar-refractivity contribution in [2.24, 2.45) is 5.73 Å². The Morgan fingerprint density at radius 3 is 2.58 bits per heavy atom. The number of nitrogens with two attached hydrogens (primary N) is 1. The van der Waals surface area contributed by atoms with E-state index >= 15 is 0 Å². The minimum Gasteiger partial charge on any atom is -0.336 e. The fourth-order valence-electron chi connectivity index (χ4n) is 3.11. The maximum absolute atomic E-state index is 12.2. The first-order valence-corrected chi connectivity index (χ1v) is 8.78. The Balaban J connectivity index is 1.46. The lowest BCUT2D eigenvalue weighted by atomic mass is 10.1. The third kappa shape index (κ3) is 4.83. The molecule has 0 bridgehead atoms. The Bertz CT molecular complexity index is 763. The second-order valence-corrected chi connectivity index (χ2v) is 6.51. The van der Waals surface area contributed by atoms with Gasteiger partial charge in [0.2, 0.25) is 5.91 Å². The first kappa shape index (κ1) is 17.9. The molecule has 4 N–H and O–H groups in total. The van der Waals surface area contributed by atoms with Gasteiger partial charge < -0.3 is 21.3 Å². The van der Waals surface area contributed by atoms with Crippen molar-refractivity contribution in [1.82, 2.24) is 15.5 Å². The van der Waals surface area contributed by atoms with Crippen molar-refractivity contribution < 1.29 is 9.59 Å². The zero-order valence-electron chi connectivity index (χ0n) is 14.7. The number of nitrogens with one attached hydrogen (secondary N) is 2. The first-order valence-electron chi connectivity index (χ1n) is 8.78. The van der Waals surface area contributed by atoms with Gasteiger partial charge in [-0.15, -0.1) is 0 Å². The van der Waals surface area contributed by atoms with Gasteiger partial charge in [-0.1, -0.05) is 54.6 Å². The summed E-state index contributed by atoms with van der Waals surface area (Å²) in [5.74, 6) is 0.0646. The molecule has 26 heavy (non-hydrogen) atoms. The van der Waals surface area contributed by atoms with E-state index in [0.717, 1.165) is 16.7 Å².